The number of imide groups is 1. The minimum absolute atomic E-state index is 0.116. The van der Waals surface area contributed by atoms with Crippen LogP contribution < -0.4 is 0 Å². The second-order valence-electron chi connectivity index (χ2n) is 8.39. The number of piperidine rings is 1. The summed E-state index contributed by atoms with van der Waals surface area (Å²) in [5.74, 6) is 0.179. The normalized spacial score (nSPS) is 23.0. The smallest absolute Gasteiger partial charge is 0.327 e. The lowest BCUT2D eigenvalue weighted by Crippen LogP contribution is -2.50. The van der Waals surface area contributed by atoms with Gasteiger partial charge in [0.1, 0.15) is 12.1 Å². The van der Waals surface area contributed by atoms with Gasteiger partial charge >= 0.3 is 6.03 Å². The van der Waals surface area contributed by atoms with E-state index < -0.39 is 5.54 Å². The number of amides is 4. The molecule has 1 saturated carbocycles. The van der Waals surface area contributed by atoms with Gasteiger partial charge in [-0.05, 0) is 37.2 Å². The Bertz CT molecular complexity index is 750. The quantitative estimate of drug-likeness (QED) is 0.754. The second kappa shape index (κ2) is 7.57. The van der Waals surface area contributed by atoms with E-state index in [0.717, 1.165) is 32.1 Å². The maximum Gasteiger partial charge on any atom is 0.327 e. The summed E-state index contributed by atoms with van der Waals surface area (Å²) < 4.78 is 0. The molecule has 1 spiro atoms. The van der Waals surface area contributed by atoms with Crippen molar-refractivity contribution in [3.63, 3.8) is 0 Å². The summed E-state index contributed by atoms with van der Waals surface area (Å²) in [5.41, 5.74) is 0.607. The molecule has 6 heteroatoms. The third-order valence-electron chi connectivity index (χ3n) is 6.90. The lowest BCUT2D eigenvalue weighted by Gasteiger charge is -2.36. The van der Waals surface area contributed by atoms with E-state index in [1.165, 1.54) is 10.5 Å². The topological polar surface area (TPSA) is 60.9 Å². The Labute approximate surface area is 166 Å². The fourth-order valence-electron chi connectivity index (χ4n) is 5.09. The van der Waals surface area contributed by atoms with E-state index in [2.05, 4.69) is 24.3 Å². The van der Waals surface area contributed by atoms with Crippen LogP contribution in [0.1, 0.15) is 56.4 Å². The number of benzene rings is 1. The molecule has 3 aliphatic rings. The number of likely N-dealkylation sites (N-methyl/N-ethyl adjacent to an activating group) is 1. The number of carbonyl (C=O) groups is 3. The van der Waals surface area contributed by atoms with Crippen molar-refractivity contribution in [2.45, 2.75) is 56.4 Å². The van der Waals surface area contributed by atoms with Crippen LogP contribution in [0.15, 0.2) is 30.3 Å². The van der Waals surface area contributed by atoms with Crippen LogP contribution in [0.25, 0.3) is 0 Å². The molecule has 1 aromatic rings. The van der Waals surface area contributed by atoms with Crippen molar-refractivity contribution in [2.75, 3.05) is 26.7 Å². The summed E-state index contributed by atoms with van der Waals surface area (Å²) >= 11 is 0. The van der Waals surface area contributed by atoms with Crippen LogP contribution in [0, 0.1) is 0 Å². The molecule has 28 heavy (non-hydrogen) atoms. The standard InChI is InChI=1S/C22H29N3O3/c1-23-21(28)25(20(27)22(23)12-6-3-7-13-22)16-19(26)24-14-10-18(11-15-24)17-8-4-2-5-9-17/h2,4-5,8-9,18H,3,6-7,10-16H2,1H3. The van der Waals surface area contributed by atoms with Crippen LogP contribution in [0.5, 0.6) is 0 Å². The molecule has 0 N–H and O–H groups in total. The van der Waals surface area contributed by atoms with Crippen LogP contribution >= 0.6 is 0 Å². The van der Waals surface area contributed by atoms with Gasteiger partial charge in [-0.1, -0.05) is 49.6 Å². The summed E-state index contributed by atoms with van der Waals surface area (Å²) in [6.07, 6.45) is 6.27. The van der Waals surface area contributed by atoms with Gasteiger partial charge in [0, 0.05) is 20.1 Å². The Hall–Kier alpha value is -2.37. The highest BCUT2D eigenvalue weighted by atomic mass is 16.2. The third-order valence-corrected chi connectivity index (χ3v) is 6.90. The zero-order valence-electron chi connectivity index (χ0n) is 16.6. The van der Waals surface area contributed by atoms with Gasteiger partial charge in [0.05, 0.1) is 0 Å². The highest BCUT2D eigenvalue weighted by molar-refractivity contribution is 6.08. The Balaban J connectivity index is 1.38. The Morgan fingerprint density at radius 2 is 1.68 bits per heavy atom. The molecule has 1 aliphatic carbocycles. The minimum atomic E-state index is -0.712. The molecule has 0 unspecified atom stereocenters. The minimum Gasteiger partial charge on any atom is -0.341 e. The molecular weight excluding hydrogens is 354 g/mol. The Morgan fingerprint density at radius 3 is 2.32 bits per heavy atom. The molecule has 150 valence electrons. The first-order valence-corrected chi connectivity index (χ1v) is 10.5. The molecule has 2 saturated heterocycles. The van der Waals surface area contributed by atoms with E-state index in [1.807, 2.05) is 11.0 Å². The summed E-state index contributed by atoms with van der Waals surface area (Å²) in [4.78, 5) is 43.2. The SMILES string of the molecule is CN1C(=O)N(CC(=O)N2CCC(c3ccccc3)CC2)C(=O)C12CCCCC2. The lowest BCUT2D eigenvalue weighted by atomic mass is 9.81. The summed E-state index contributed by atoms with van der Waals surface area (Å²) in [7, 11) is 1.71. The molecule has 4 rings (SSSR count). The summed E-state index contributed by atoms with van der Waals surface area (Å²) in [5, 5.41) is 0. The van der Waals surface area contributed by atoms with Gasteiger partial charge in [-0.25, -0.2) is 4.79 Å². The van der Waals surface area contributed by atoms with Crippen molar-refractivity contribution in [1.29, 1.82) is 0 Å². The van der Waals surface area contributed by atoms with E-state index in [4.69, 9.17) is 0 Å². The zero-order valence-corrected chi connectivity index (χ0v) is 16.6. The average molecular weight is 383 g/mol. The van der Waals surface area contributed by atoms with Gasteiger partial charge in [-0.15, -0.1) is 0 Å². The monoisotopic (exact) mass is 383 g/mol. The molecule has 0 bridgehead atoms. The first-order chi connectivity index (χ1) is 13.5. The first kappa shape index (κ1) is 19.0. The number of rotatable bonds is 3. The van der Waals surface area contributed by atoms with Crippen LogP contribution in [0.2, 0.25) is 0 Å². The summed E-state index contributed by atoms with van der Waals surface area (Å²) in [6.45, 7) is 1.23. The molecule has 6 nitrogen and oxygen atoms in total. The van der Waals surface area contributed by atoms with Crippen LogP contribution in [-0.2, 0) is 9.59 Å². The van der Waals surface area contributed by atoms with Crippen molar-refractivity contribution in [3.8, 4) is 0 Å². The molecule has 4 amide bonds. The Kier molecular flexibility index (Phi) is 5.13. The predicted octanol–water partition coefficient (Wildman–Crippen LogP) is 2.99. The molecule has 2 heterocycles. The highest BCUT2D eigenvalue weighted by Crippen LogP contribution is 2.39. The van der Waals surface area contributed by atoms with Crippen molar-refractivity contribution in [3.05, 3.63) is 35.9 Å². The van der Waals surface area contributed by atoms with Crippen LogP contribution in [0.3, 0.4) is 0 Å². The van der Waals surface area contributed by atoms with Gasteiger partial charge in [0.15, 0.2) is 0 Å². The number of hydrogen-bond donors (Lipinski definition) is 0. The van der Waals surface area contributed by atoms with Gasteiger partial charge in [0.2, 0.25) is 5.91 Å². The van der Waals surface area contributed by atoms with E-state index in [1.54, 1.807) is 11.9 Å². The van der Waals surface area contributed by atoms with Crippen molar-refractivity contribution < 1.29 is 14.4 Å². The van der Waals surface area contributed by atoms with Gasteiger partial charge in [-0.2, -0.15) is 0 Å². The van der Waals surface area contributed by atoms with Gasteiger partial charge < -0.3 is 9.80 Å². The van der Waals surface area contributed by atoms with Crippen LogP contribution in [-0.4, -0.2) is 64.8 Å². The average Bonchev–Trinajstić information content (AvgIpc) is 2.91. The number of hydrogen-bond acceptors (Lipinski definition) is 3. The summed E-state index contributed by atoms with van der Waals surface area (Å²) in [6, 6.07) is 10.1. The molecule has 0 atom stereocenters. The highest BCUT2D eigenvalue weighted by Gasteiger charge is 2.56. The maximum atomic E-state index is 13.1. The lowest BCUT2D eigenvalue weighted by molar-refractivity contribution is -0.141. The van der Waals surface area contributed by atoms with Gasteiger partial charge in [0.25, 0.3) is 5.91 Å². The van der Waals surface area contributed by atoms with Crippen molar-refractivity contribution in [1.82, 2.24) is 14.7 Å². The third kappa shape index (κ3) is 3.19. The molecule has 1 aromatic carbocycles. The van der Waals surface area contributed by atoms with Crippen LogP contribution in [0.4, 0.5) is 4.79 Å². The predicted molar refractivity (Wildman–Crippen MR) is 106 cm³/mol. The molecule has 0 radical (unpaired) electrons. The van der Waals surface area contributed by atoms with Crippen molar-refractivity contribution >= 4 is 17.8 Å². The number of likely N-dealkylation sites (tertiary alicyclic amines) is 1. The largest absolute Gasteiger partial charge is 0.341 e. The fourth-order valence-corrected chi connectivity index (χ4v) is 5.09. The maximum absolute atomic E-state index is 13.1. The van der Waals surface area contributed by atoms with E-state index >= 15 is 0 Å². The van der Waals surface area contributed by atoms with Crippen molar-refractivity contribution in [2.24, 2.45) is 0 Å². The zero-order chi connectivity index (χ0) is 19.7. The van der Waals surface area contributed by atoms with E-state index in [9.17, 15) is 14.4 Å². The Morgan fingerprint density at radius 1 is 1.04 bits per heavy atom. The van der Waals surface area contributed by atoms with E-state index in [-0.39, 0.29) is 24.4 Å². The molecule has 2 aliphatic heterocycles. The number of nitrogens with zero attached hydrogens (tertiary/aromatic N) is 3. The second-order valence-corrected chi connectivity index (χ2v) is 8.39. The molecule has 3 fully saturated rings. The van der Waals surface area contributed by atoms with Gasteiger partial charge in [-0.3, -0.25) is 14.5 Å². The first-order valence-electron chi connectivity index (χ1n) is 10.5. The number of urea groups is 1. The van der Waals surface area contributed by atoms with E-state index in [0.29, 0.717) is 31.8 Å². The fraction of sp³-hybridized carbons (Fsp3) is 0.591. The molecule has 0 aromatic heterocycles. The number of carbonyl (C=O) groups excluding carboxylic acids is 3. The molecular formula is C22H29N3O3.